The van der Waals surface area contributed by atoms with E-state index in [1.807, 2.05) is 9.80 Å². The van der Waals surface area contributed by atoms with Gasteiger partial charge in [-0.25, -0.2) is 9.38 Å². The minimum atomic E-state index is -1.68. The Kier molecular flexibility index (Phi) is 4.33. The molecule has 1 saturated carbocycles. The summed E-state index contributed by atoms with van der Waals surface area (Å²) < 4.78 is 13.8. The Labute approximate surface area is 147 Å². The van der Waals surface area contributed by atoms with Gasteiger partial charge in [0.15, 0.2) is 0 Å². The molecule has 0 bridgehead atoms. The topological polar surface area (TPSA) is 65.3 Å². The van der Waals surface area contributed by atoms with E-state index in [1.165, 1.54) is 12.8 Å². The van der Waals surface area contributed by atoms with Gasteiger partial charge in [0.25, 0.3) is 5.91 Å². The number of carbonyl (C=O) groups is 2. The van der Waals surface area contributed by atoms with Crippen LogP contribution < -0.4 is 0 Å². The van der Waals surface area contributed by atoms with Crippen LogP contribution in [0.3, 0.4) is 0 Å². The number of amides is 2. The molecule has 0 N–H and O–H groups in total. The summed E-state index contributed by atoms with van der Waals surface area (Å²) in [6.45, 7) is 4.85. The number of guanidine groups is 1. The van der Waals surface area contributed by atoms with Gasteiger partial charge >= 0.3 is 0 Å². The second-order valence-electron chi connectivity index (χ2n) is 7.72. The fraction of sp³-hybridized carbons (Fsp3) is 0.778. The number of likely N-dealkylation sites (tertiary alicyclic amines) is 2. The Hall–Kier alpha value is -1.79. The molecular weight excluding hydrogens is 323 g/mol. The average Bonchev–Trinajstić information content (AvgIpc) is 3.32. The van der Waals surface area contributed by atoms with Crippen molar-refractivity contribution in [3.05, 3.63) is 0 Å². The number of halogens is 1. The lowest BCUT2D eigenvalue weighted by Crippen LogP contribution is -2.40. The molecule has 136 valence electrons. The predicted molar refractivity (Wildman–Crippen MR) is 92.2 cm³/mol. The van der Waals surface area contributed by atoms with E-state index in [1.54, 1.807) is 6.92 Å². The molecule has 3 heterocycles. The summed E-state index contributed by atoms with van der Waals surface area (Å²) in [7, 11) is 0. The zero-order chi connectivity index (χ0) is 17.6. The van der Waals surface area contributed by atoms with Gasteiger partial charge in [0.05, 0.1) is 5.71 Å². The molecule has 4 rings (SSSR count). The van der Waals surface area contributed by atoms with Crippen molar-refractivity contribution in [3.63, 3.8) is 0 Å². The number of hydrogen-bond acceptors (Lipinski definition) is 4. The number of rotatable bonds is 2. The van der Waals surface area contributed by atoms with Crippen molar-refractivity contribution < 1.29 is 14.0 Å². The molecule has 25 heavy (non-hydrogen) atoms. The highest BCUT2D eigenvalue weighted by Gasteiger charge is 2.44. The molecule has 3 fully saturated rings. The van der Waals surface area contributed by atoms with Gasteiger partial charge in [-0.1, -0.05) is 19.8 Å². The molecule has 3 atom stereocenters. The summed E-state index contributed by atoms with van der Waals surface area (Å²) in [5.41, 5.74) is 0.269. The average molecular weight is 348 g/mol. The summed E-state index contributed by atoms with van der Waals surface area (Å²) in [6.07, 6.45) is 3.15. The van der Waals surface area contributed by atoms with Crippen molar-refractivity contribution in [2.75, 3.05) is 26.2 Å². The highest BCUT2D eigenvalue weighted by atomic mass is 19.1. The number of nitrogens with zero attached hydrogens (tertiary/aromatic N) is 4. The smallest absolute Gasteiger partial charge is 0.289 e. The largest absolute Gasteiger partial charge is 0.342 e. The van der Waals surface area contributed by atoms with Gasteiger partial charge in [0.1, 0.15) is 0 Å². The molecule has 0 aromatic carbocycles. The normalized spacial score (nSPS) is 32.9. The minimum Gasteiger partial charge on any atom is -0.342 e. The zero-order valence-electron chi connectivity index (χ0n) is 14.7. The van der Waals surface area contributed by atoms with Crippen molar-refractivity contribution >= 4 is 23.5 Å². The van der Waals surface area contributed by atoms with Gasteiger partial charge in [-0.15, -0.1) is 0 Å². The standard InChI is InChI=1S/C18H25FN4O2/c1-2-14-15(19)16(24)21-18(20-14)23-9-12-7-22(8-13(12)10-23)17(25)11-5-3-4-6-11/h11-13,15H,2-10H2,1H3. The van der Waals surface area contributed by atoms with Gasteiger partial charge < -0.3 is 9.80 Å². The van der Waals surface area contributed by atoms with Crippen LogP contribution in [-0.2, 0) is 9.59 Å². The number of hydrogen-bond donors (Lipinski definition) is 0. The van der Waals surface area contributed by atoms with Gasteiger partial charge in [-0.3, -0.25) is 9.59 Å². The Morgan fingerprint density at radius 1 is 1.12 bits per heavy atom. The van der Waals surface area contributed by atoms with E-state index in [9.17, 15) is 14.0 Å². The third kappa shape index (κ3) is 2.98. The Bertz CT molecular complexity index is 627. The first-order chi connectivity index (χ1) is 12.1. The van der Waals surface area contributed by atoms with E-state index in [2.05, 4.69) is 9.98 Å². The molecule has 3 unspecified atom stereocenters. The number of alkyl halides is 1. The van der Waals surface area contributed by atoms with Crippen LogP contribution in [0.1, 0.15) is 39.0 Å². The van der Waals surface area contributed by atoms with Crippen molar-refractivity contribution in [1.82, 2.24) is 9.80 Å². The molecule has 4 aliphatic rings. The third-order valence-corrected chi connectivity index (χ3v) is 6.11. The molecule has 2 saturated heterocycles. The van der Waals surface area contributed by atoms with Crippen LogP contribution in [-0.4, -0.2) is 65.6 Å². The van der Waals surface area contributed by atoms with Crippen molar-refractivity contribution in [2.24, 2.45) is 27.7 Å². The molecule has 0 spiro atoms. The van der Waals surface area contributed by atoms with E-state index in [0.29, 0.717) is 30.1 Å². The van der Waals surface area contributed by atoms with E-state index in [0.717, 1.165) is 39.0 Å². The van der Waals surface area contributed by atoms with Gasteiger partial charge in [-0.2, -0.15) is 4.99 Å². The number of carbonyl (C=O) groups excluding carboxylic acids is 2. The molecule has 2 amide bonds. The molecular formula is C18H25FN4O2. The predicted octanol–water partition coefficient (Wildman–Crippen LogP) is 1.65. The summed E-state index contributed by atoms with van der Waals surface area (Å²) in [6, 6.07) is 0. The third-order valence-electron chi connectivity index (χ3n) is 6.11. The van der Waals surface area contributed by atoms with Crippen LogP contribution in [0.5, 0.6) is 0 Å². The first-order valence-corrected chi connectivity index (χ1v) is 9.44. The summed E-state index contributed by atoms with van der Waals surface area (Å²) >= 11 is 0. The second kappa shape index (κ2) is 6.50. The van der Waals surface area contributed by atoms with Crippen LogP contribution in [0.15, 0.2) is 9.98 Å². The minimum absolute atomic E-state index is 0.230. The van der Waals surface area contributed by atoms with Crippen molar-refractivity contribution in [2.45, 2.75) is 45.2 Å². The van der Waals surface area contributed by atoms with Gasteiger partial charge in [0, 0.05) is 43.9 Å². The fourth-order valence-electron chi connectivity index (χ4n) is 4.67. The first kappa shape index (κ1) is 16.7. The Balaban J connectivity index is 1.39. The monoisotopic (exact) mass is 348 g/mol. The fourth-order valence-corrected chi connectivity index (χ4v) is 4.67. The van der Waals surface area contributed by atoms with Crippen molar-refractivity contribution in [3.8, 4) is 0 Å². The summed E-state index contributed by atoms with van der Waals surface area (Å²) in [4.78, 5) is 36.5. The lowest BCUT2D eigenvalue weighted by atomic mass is 10.0. The summed E-state index contributed by atoms with van der Waals surface area (Å²) in [5.74, 6) is 0.970. The van der Waals surface area contributed by atoms with Crippen LogP contribution >= 0.6 is 0 Å². The summed E-state index contributed by atoms with van der Waals surface area (Å²) in [5, 5.41) is 0. The van der Waals surface area contributed by atoms with Gasteiger partial charge in [-0.05, 0) is 19.3 Å². The highest BCUT2D eigenvalue weighted by molar-refractivity contribution is 6.17. The lowest BCUT2D eigenvalue weighted by Gasteiger charge is -2.25. The van der Waals surface area contributed by atoms with E-state index in [-0.39, 0.29) is 11.6 Å². The quantitative estimate of drug-likeness (QED) is 0.762. The van der Waals surface area contributed by atoms with Crippen LogP contribution in [0.4, 0.5) is 4.39 Å². The molecule has 0 radical (unpaired) electrons. The first-order valence-electron chi connectivity index (χ1n) is 9.44. The lowest BCUT2D eigenvalue weighted by molar-refractivity contribution is -0.134. The van der Waals surface area contributed by atoms with Crippen molar-refractivity contribution in [1.29, 1.82) is 0 Å². The maximum Gasteiger partial charge on any atom is 0.289 e. The second-order valence-corrected chi connectivity index (χ2v) is 7.72. The maximum atomic E-state index is 13.8. The van der Waals surface area contributed by atoms with E-state index >= 15 is 0 Å². The molecule has 1 aliphatic carbocycles. The van der Waals surface area contributed by atoms with Crippen LogP contribution in [0, 0.1) is 17.8 Å². The number of aliphatic imine (C=N–C) groups is 2. The Morgan fingerprint density at radius 2 is 1.76 bits per heavy atom. The number of fused-ring (bicyclic) bond motifs is 1. The van der Waals surface area contributed by atoms with Crippen LogP contribution in [0.25, 0.3) is 0 Å². The Morgan fingerprint density at radius 3 is 2.36 bits per heavy atom. The molecule has 0 aromatic rings. The SMILES string of the molecule is CCC1=NC(N2CC3CN(C(=O)C4CCCC4)CC3C2)=NC(=O)C1F. The molecule has 0 aromatic heterocycles. The molecule has 6 nitrogen and oxygen atoms in total. The van der Waals surface area contributed by atoms with Crippen LogP contribution in [0.2, 0.25) is 0 Å². The van der Waals surface area contributed by atoms with Gasteiger partial charge in [0.2, 0.25) is 18.0 Å². The molecule has 3 aliphatic heterocycles. The zero-order valence-corrected chi connectivity index (χ0v) is 14.7. The maximum absolute atomic E-state index is 13.8. The highest BCUT2D eigenvalue weighted by Crippen LogP contribution is 2.35. The van der Waals surface area contributed by atoms with E-state index < -0.39 is 12.1 Å². The molecule has 7 heteroatoms. The van der Waals surface area contributed by atoms with E-state index in [4.69, 9.17) is 0 Å².